The van der Waals surface area contributed by atoms with Crippen molar-refractivity contribution in [1.29, 1.82) is 0 Å². The lowest BCUT2D eigenvalue weighted by Crippen LogP contribution is -2.29. The van der Waals surface area contributed by atoms with E-state index in [1.807, 2.05) is 37.3 Å². The molecular weight excluding hydrogens is 435 g/mol. The van der Waals surface area contributed by atoms with Crippen molar-refractivity contribution in [2.24, 2.45) is 0 Å². The zero-order valence-electron chi connectivity index (χ0n) is 18.5. The Kier molecular flexibility index (Phi) is 5.17. The Morgan fingerprint density at radius 1 is 1.06 bits per heavy atom. The predicted molar refractivity (Wildman–Crippen MR) is 127 cm³/mol. The van der Waals surface area contributed by atoms with Crippen molar-refractivity contribution in [3.63, 3.8) is 0 Å². The van der Waals surface area contributed by atoms with E-state index >= 15 is 0 Å². The Morgan fingerprint density at radius 3 is 2.53 bits per heavy atom. The summed E-state index contributed by atoms with van der Waals surface area (Å²) in [6.07, 6.45) is 1.72. The number of methoxy groups -OCH3 is 1. The number of hydrogen-bond acceptors (Lipinski definition) is 4. The number of aromatic nitrogens is 1. The van der Waals surface area contributed by atoms with Crippen LogP contribution in [0.15, 0.2) is 78.5 Å². The van der Waals surface area contributed by atoms with Crippen LogP contribution in [0.25, 0.3) is 16.7 Å². The zero-order chi connectivity index (χ0) is 24.0. The monoisotopic (exact) mass is 456 g/mol. The van der Waals surface area contributed by atoms with Crippen molar-refractivity contribution in [3.05, 3.63) is 101 Å². The molecule has 0 aliphatic carbocycles. The molecule has 34 heavy (non-hydrogen) atoms. The van der Waals surface area contributed by atoms with Crippen LogP contribution < -0.4 is 9.64 Å². The average Bonchev–Trinajstić information content (AvgIpc) is 3.38. The number of aryl methyl sites for hydroxylation is 1. The number of para-hydroxylation sites is 1. The normalized spacial score (nSPS) is 17.5. The molecule has 0 bridgehead atoms. The maximum Gasteiger partial charge on any atom is 0.300 e. The molecule has 4 aromatic rings. The summed E-state index contributed by atoms with van der Waals surface area (Å²) in [4.78, 5) is 31.1. The number of aliphatic hydroxyl groups excluding tert-OH is 1. The molecular formula is C27H21FN2O4. The Labute approximate surface area is 194 Å². The van der Waals surface area contributed by atoms with E-state index in [1.165, 1.54) is 36.3 Å². The van der Waals surface area contributed by atoms with E-state index in [4.69, 9.17) is 4.74 Å². The molecule has 2 heterocycles. The highest BCUT2D eigenvalue weighted by atomic mass is 19.1. The average molecular weight is 456 g/mol. The lowest BCUT2D eigenvalue weighted by molar-refractivity contribution is -0.132. The van der Waals surface area contributed by atoms with E-state index in [9.17, 15) is 19.1 Å². The topological polar surface area (TPSA) is 82.6 Å². The van der Waals surface area contributed by atoms with Gasteiger partial charge in [0.15, 0.2) is 0 Å². The molecule has 1 aliphatic rings. The Bertz CT molecular complexity index is 1470. The second-order valence-corrected chi connectivity index (χ2v) is 8.14. The van der Waals surface area contributed by atoms with Crippen molar-refractivity contribution in [2.75, 3.05) is 12.0 Å². The van der Waals surface area contributed by atoms with Crippen LogP contribution in [0.2, 0.25) is 0 Å². The van der Waals surface area contributed by atoms with Crippen LogP contribution in [0.1, 0.15) is 22.7 Å². The maximum absolute atomic E-state index is 13.6. The number of carbonyl (C=O) groups excluding carboxylic acids is 2. The van der Waals surface area contributed by atoms with Crippen molar-refractivity contribution < 1.29 is 23.8 Å². The van der Waals surface area contributed by atoms with Crippen LogP contribution in [-0.4, -0.2) is 28.9 Å². The summed E-state index contributed by atoms with van der Waals surface area (Å²) < 4.78 is 19.0. The van der Waals surface area contributed by atoms with Gasteiger partial charge in [-0.05, 0) is 49.4 Å². The van der Waals surface area contributed by atoms with Gasteiger partial charge in [0.1, 0.15) is 17.3 Å². The fourth-order valence-electron chi connectivity index (χ4n) is 4.47. The molecule has 1 aliphatic heterocycles. The molecule has 0 spiro atoms. The third-order valence-corrected chi connectivity index (χ3v) is 6.08. The molecule has 1 saturated heterocycles. The SMILES string of the molecule is COc1ccc(C)cc1/C(O)=C1\C(=O)C(=O)N(c2ccc(F)cc2)C1c1c[nH]c2ccccc12. The van der Waals surface area contributed by atoms with E-state index in [0.29, 0.717) is 22.6 Å². The van der Waals surface area contributed by atoms with Crippen LogP contribution in [0.5, 0.6) is 5.75 Å². The van der Waals surface area contributed by atoms with Crippen LogP contribution in [0.4, 0.5) is 10.1 Å². The van der Waals surface area contributed by atoms with E-state index in [1.54, 1.807) is 18.3 Å². The summed E-state index contributed by atoms with van der Waals surface area (Å²) >= 11 is 0. The highest BCUT2D eigenvalue weighted by Gasteiger charge is 2.48. The van der Waals surface area contributed by atoms with E-state index in [-0.39, 0.29) is 11.3 Å². The number of ketones is 1. The van der Waals surface area contributed by atoms with Gasteiger partial charge < -0.3 is 14.8 Å². The van der Waals surface area contributed by atoms with Gasteiger partial charge in [-0.2, -0.15) is 0 Å². The second kappa shape index (κ2) is 8.19. The van der Waals surface area contributed by atoms with Crippen LogP contribution in [-0.2, 0) is 9.59 Å². The van der Waals surface area contributed by atoms with Crippen LogP contribution >= 0.6 is 0 Å². The Balaban J connectivity index is 1.80. The number of amides is 1. The van der Waals surface area contributed by atoms with Gasteiger partial charge >= 0.3 is 0 Å². The largest absolute Gasteiger partial charge is 0.507 e. The summed E-state index contributed by atoms with van der Waals surface area (Å²) in [5.74, 6) is -2.07. The number of ether oxygens (including phenoxy) is 1. The molecule has 6 nitrogen and oxygen atoms in total. The summed E-state index contributed by atoms with van der Waals surface area (Å²) in [6, 6.07) is 17.1. The third kappa shape index (κ3) is 3.33. The Morgan fingerprint density at radius 2 is 1.79 bits per heavy atom. The van der Waals surface area contributed by atoms with Crippen molar-refractivity contribution in [3.8, 4) is 5.75 Å². The standard InChI is InChI=1S/C27H21FN2O4/c1-15-7-12-22(34-2)19(13-15)25(31)23-24(20-14-29-21-6-4-3-5-18(20)21)30(27(33)26(23)32)17-10-8-16(28)9-11-17/h3-14,24,29,31H,1-2H3/b25-23+. The Hall–Kier alpha value is -4.39. The molecule has 2 N–H and O–H groups in total. The molecule has 1 amide bonds. The third-order valence-electron chi connectivity index (χ3n) is 6.08. The fraction of sp³-hybridized carbons (Fsp3) is 0.111. The van der Waals surface area contributed by atoms with Crippen molar-refractivity contribution >= 4 is 34.0 Å². The molecule has 1 aromatic heterocycles. The highest BCUT2D eigenvalue weighted by Crippen LogP contribution is 2.45. The van der Waals surface area contributed by atoms with Gasteiger partial charge in [0.05, 0.1) is 24.3 Å². The lowest BCUT2D eigenvalue weighted by Gasteiger charge is -2.25. The molecule has 1 unspecified atom stereocenters. The number of fused-ring (bicyclic) bond motifs is 1. The van der Waals surface area contributed by atoms with Crippen LogP contribution in [0.3, 0.4) is 0 Å². The second-order valence-electron chi connectivity index (χ2n) is 8.14. The van der Waals surface area contributed by atoms with E-state index in [2.05, 4.69) is 4.98 Å². The summed E-state index contributed by atoms with van der Waals surface area (Å²) in [7, 11) is 1.47. The summed E-state index contributed by atoms with van der Waals surface area (Å²) in [6.45, 7) is 1.85. The highest BCUT2D eigenvalue weighted by molar-refractivity contribution is 6.52. The van der Waals surface area contributed by atoms with Crippen molar-refractivity contribution in [1.82, 2.24) is 4.98 Å². The number of hydrogen-bond donors (Lipinski definition) is 2. The first kappa shape index (κ1) is 21.5. The van der Waals surface area contributed by atoms with Gasteiger partial charge in [0.25, 0.3) is 11.7 Å². The van der Waals surface area contributed by atoms with Gasteiger partial charge in [-0.1, -0.05) is 29.8 Å². The first-order valence-electron chi connectivity index (χ1n) is 10.7. The molecule has 1 atom stereocenters. The van der Waals surface area contributed by atoms with Crippen molar-refractivity contribution in [2.45, 2.75) is 13.0 Å². The molecule has 1 fully saturated rings. The minimum absolute atomic E-state index is 0.0667. The van der Waals surface area contributed by atoms with Gasteiger partial charge in [-0.25, -0.2) is 4.39 Å². The summed E-state index contributed by atoms with van der Waals surface area (Å²) in [5.41, 5.74) is 2.88. The number of H-pyrrole nitrogens is 1. The fourth-order valence-corrected chi connectivity index (χ4v) is 4.47. The number of Topliss-reactive ketones (excluding diaryl/α,β-unsaturated/α-hetero) is 1. The number of carbonyl (C=O) groups is 2. The maximum atomic E-state index is 13.6. The molecule has 0 radical (unpaired) electrons. The number of aliphatic hydroxyl groups is 1. The molecule has 7 heteroatoms. The number of halogens is 1. The summed E-state index contributed by atoms with van der Waals surface area (Å²) in [5, 5.41) is 12.2. The molecule has 170 valence electrons. The number of nitrogens with zero attached hydrogens (tertiary/aromatic N) is 1. The van der Waals surface area contributed by atoms with Gasteiger partial charge in [-0.15, -0.1) is 0 Å². The molecule has 5 rings (SSSR count). The number of aromatic amines is 1. The minimum atomic E-state index is -0.938. The predicted octanol–water partition coefficient (Wildman–Crippen LogP) is 5.25. The number of benzene rings is 3. The minimum Gasteiger partial charge on any atom is -0.507 e. The number of nitrogens with one attached hydrogen (secondary N) is 1. The lowest BCUT2D eigenvalue weighted by atomic mass is 9.94. The molecule has 0 saturated carbocycles. The quantitative estimate of drug-likeness (QED) is 0.250. The van der Waals surface area contributed by atoms with E-state index in [0.717, 1.165) is 16.5 Å². The first-order valence-corrected chi connectivity index (χ1v) is 10.7. The molecule has 3 aromatic carbocycles. The van der Waals surface area contributed by atoms with E-state index < -0.39 is 23.5 Å². The van der Waals surface area contributed by atoms with Gasteiger partial charge in [0, 0.05) is 28.4 Å². The van der Waals surface area contributed by atoms with Crippen LogP contribution in [0, 0.1) is 12.7 Å². The zero-order valence-corrected chi connectivity index (χ0v) is 18.5. The van der Waals surface area contributed by atoms with Gasteiger partial charge in [0.2, 0.25) is 0 Å². The first-order chi connectivity index (χ1) is 16.4. The number of rotatable bonds is 4. The smallest absolute Gasteiger partial charge is 0.300 e. The van der Waals surface area contributed by atoms with Gasteiger partial charge in [-0.3, -0.25) is 14.5 Å². The number of anilines is 1.